The first kappa shape index (κ1) is 23.3. The summed E-state index contributed by atoms with van der Waals surface area (Å²) in [5, 5.41) is 4.35. The van der Waals surface area contributed by atoms with E-state index in [1.807, 2.05) is 0 Å². The van der Waals surface area contributed by atoms with E-state index in [9.17, 15) is 0 Å². The van der Waals surface area contributed by atoms with Gasteiger partial charge in [0, 0.05) is 56.3 Å². The first-order chi connectivity index (χ1) is 15.5. The van der Waals surface area contributed by atoms with Crippen molar-refractivity contribution in [2.75, 3.05) is 51.1 Å². The fourth-order valence-electron chi connectivity index (χ4n) is 5.02. The number of nitrogens with one attached hydrogen (secondary N) is 1. The SMILES string of the molecule is CN(CC1CCOCC1)c1cccc(-c2cc(N[C@H]3CC[C@H](N(C)C)CC3)ncc2Cl)c1. The molecule has 1 aromatic heterocycles. The molecule has 2 heterocycles. The second kappa shape index (κ2) is 10.9. The summed E-state index contributed by atoms with van der Waals surface area (Å²) in [6, 6.07) is 12.0. The van der Waals surface area contributed by atoms with Gasteiger partial charge in [0.15, 0.2) is 0 Å². The summed E-state index contributed by atoms with van der Waals surface area (Å²) in [4.78, 5) is 9.28. The molecule has 4 rings (SSSR count). The van der Waals surface area contributed by atoms with Crippen molar-refractivity contribution >= 4 is 23.1 Å². The van der Waals surface area contributed by atoms with E-state index in [4.69, 9.17) is 16.3 Å². The first-order valence-electron chi connectivity index (χ1n) is 12.0. The molecule has 32 heavy (non-hydrogen) atoms. The Labute approximate surface area is 198 Å². The van der Waals surface area contributed by atoms with E-state index in [0.29, 0.717) is 23.0 Å². The van der Waals surface area contributed by atoms with Crippen LogP contribution in [0.2, 0.25) is 5.02 Å². The number of aromatic nitrogens is 1. The molecule has 1 aromatic carbocycles. The van der Waals surface area contributed by atoms with Crippen LogP contribution >= 0.6 is 11.6 Å². The van der Waals surface area contributed by atoms with Crippen molar-refractivity contribution in [2.45, 2.75) is 50.6 Å². The van der Waals surface area contributed by atoms with Crippen LogP contribution in [0.25, 0.3) is 11.1 Å². The molecular formula is C26H37ClN4O. The maximum Gasteiger partial charge on any atom is 0.126 e. The highest BCUT2D eigenvalue weighted by molar-refractivity contribution is 6.33. The molecule has 0 radical (unpaired) electrons. The van der Waals surface area contributed by atoms with Gasteiger partial charge in [0.25, 0.3) is 0 Å². The average molecular weight is 457 g/mol. The van der Waals surface area contributed by atoms with Gasteiger partial charge < -0.3 is 19.9 Å². The Morgan fingerprint density at radius 3 is 2.50 bits per heavy atom. The van der Waals surface area contributed by atoms with Gasteiger partial charge in [-0.2, -0.15) is 0 Å². The number of pyridine rings is 1. The molecule has 0 bridgehead atoms. The molecule has 1 saturated carbocycles. The van der Waals surface area contributed by atoms with Gasteiger partial charge in [0.05, 0.1) is 5.02 Å². The predicted octanol–water partition coefficient (Wildman–Crippen LogP) is 5.55. The smallest absolute Gasteiger partial charge is 0.126 e. The Bertz CT molecular complexity index is 876. The molecule has 0 spiro atoms. The van der Waals surface area contributed by atoms with Gasteiger partial charge in [0.1, 0.15) is 5.82 Å². The van der Waals surface area contributed by atoms with Crippen LogP contribution < -0.4 is 10.2 Å². The number of hydrogen-bond acceptors (Lipinski definition) is 5. The molecule has 2 fully saturated rings. The molecule has 1 aliphatic carbocycles. The second-order valence-electron chi connectivity index (χ2n) is 9.65. The van der Waals surface area contributed by atoms with Crippen LogP contribution in [-0.4, -0.2) is 62.9 Å². The Balaban J connectivity index is 1.44. The van der Waals surface area contributed by atoms with Gasteiger partial charge in [-0.25, -0.2) is 4.98 Å². The third kappa shape index (κ3) is 5.94. The normalized spacial score (nSPS) is 22.2. The number of halogens is 1. The van der Waals surface area contributed by atoms with Crippen molar-refractivity contribution in [1.82, 2.24) is 9.88 Å². The zero-order valence-electron chi connectivity index (χ0n) is 19.7. The average Bonchev–Trinajstić information content (AvgIpc) is 2.81. The summed E-state index contributed by atoms with van der Waals surface area (Å²) in [5.41, 5.74) is 3.39. The third-order valence-corrected chi connectivity index (χ3v) is 7.41. The van der Waals surface area contributed by atoms with Crippen LogP contribution in [0.3, 0.4) is 0 Å². The molecule has 0 unspecified atom stereocenters. The molecule has 0 atom stereocenters. The molecule has 1 saturated heterocycles. The van der Waals surface area contributed by atoms with Crippen molar-refractivity contribution in [3.63, 3.8) is 0 Å². The first-order valence-corrected chi connectivity index (χ1v) is 12.3. The Morgan fingerprint density at radius 1 is 1.03 bits per heavy atom. The number of anilines is 2. The predicted molar refractivity (Wildman–Crippen MR) is 135 cm³/mol. The lowest BCUT2D eigenvalue weighted by molar-refractivity contribution is 0.0685. The van der Waals surface area contributed by atoms with Crippen LogP contribution in [0.4, 0.5) is 11.5 Å². The molecule has 2 aromatic rings. The highest BCUT2D eigenvalue weighted by Gasteiger charge is 2.23. The Kier molecular flexibility index (Phi) is 7.93. The maximum absolute atomic E-state index is 6.59. The number of benzene rings is 1. The summed E-state index contributed by atoms with van der Waals surface area (Å²) in [6.07, 6.45) is 8.88. The zero-order valence-corrected chi connectivity index (χ0v) is 20.4. The maximum atomic E-state index is 6.59. The Morgan fingerprint density at radius 2 is 1.78 bits per heavy atom. The highest BCUT2D eigenvalue weighted by Crippen LogP contribution is 2.33. The molecule has 0 amide bonds. The molecule has 6 heteroatoms. The van der Waals surface area contributed by atoms with Gasteiger partial charge in [-0.3, -0.25) is 0 Å². The minimum atomic E-state index is 0.477. The van der Waals surface area contributed by atoms with E-state index >= 15 is 0 Å². The minimum absolute atomic E-state index is 0.477. The summed E-state index contributed by atoms with van der Waals surface area (Å²) in [6.45, 7) is 2.83. The van der Waals surface area contributed by atoms with Gasteiger partial charge in [-0.15, -0.1) is 0 Å². The Hall–Kier alpha value is -1.82. The lowest BCUT2D eigenvalue weighted by Crippen LogP contribution is -2.36. The highest BCUT2D eigenvalue weighted by atomic mass is 35.5. The number of hydrogen-bond donors (Lipinski definition) is 1. The van der Waals surface area contributed by atoms with E-state index in [1.54, 1.807) is 6.20 Å². The van der Waals surface area contributed by atoms with E-state index < -0.39 is 0 Å². The molecule has 2 aliphatic rings. The van der Waals surface area contributed by atoms with E-state index in [1.165, 1.54) is 31.4 Å². The number of nitrogens with zero attached hydrogens (tertiary/aromatic N) is 3. The van der Waals surface area contributed by atoms with Crippen molar-refractivity contribution in [3.05, 3.63) is 41.6 Å². The molecule has 5 nitrogen and oxygen atoms in total. The monoisotopic (exact) mass is 456 g/mol. The van der Waals surface area contributed by atoms with E-state index in [0.717, 1.165) is 49.5 Å². The summed E-state index contributed by atoms with van der Waals surface area (Å²) in [5.74, 6) is 1.61. The fraction of sp³-hybridized carbons (Fsp3) is 0.577. The second-order valence-corrected chi connectivity index (χ2v) is 10.1. The van der Waals surface area contributed by atoms with Gasteiger partial charge in [0.2, 0.25) is 0 Å². The zero-order chi connectivity index (χ0) is 22.5. The van der Waals surface area contributed by atoms with Crippen molar-refractivity contribution in [3.8, 4) is 11.1 Å². The number of ether oxygens (including phenoxy) is 1. The van der Waals surface area contributed by atoms with Crippen molar-refractivity contribution in [1.29, 1.82) is 0 Å². The summed E-state index contributed by atoms with van der Waals surface area (Å²) in [7, 11) is 6.54. The van der Waals surface area contributed by atoms with Crippen LogP contribution in [-0.2, 0) is 4.74 Å². The fourth-order valence-corrected chi connectivity index (χ4v) is 5.23. The molecule has 1 N–H and O–H groups in total. The largest absolute Gasteiger partial charge is 0.381 e. The summed E-state index contributed by atoms with van der Waals surface area (Å²) < 4.78 is 5.51. The lowest BCUT2D eigenvalue weighted by atomic mass is 9.90. The van der Waals surface area contributed by atoms with Gasteiger partial charge >= 0.3 is 0 Å². The molecule has 1 aliphatic heterocycles. The number of rotatable bonds is 7. The van der Waals surface area contributed by atoms with Crippen LogP contribution in [0.5, 0.6) is 0 Å². The standard InChI is InChI=1S/C26H37ClN4O/c1-30(2)22-9-7-21(8-10-22)29-26-16-24(25(27)17-28-26)20-5-4-6-23(15-20)31(3)18-19-11-13-32-14-12-19/h4-6,15-17,19,21-22H,7-14,18H2,1-3H3,(H,28,29)/t21-,22-. The van der Waals surface area contributed by atoms with Crippen LogP contribution in [0, 0.1) is 5.92 Å². The van der Waals surface area contributed by atoms with Crippen molar-refractivity contribution in [2.24, 2.45) is 5.92 Å². The topological polar surface area (TPSA) is 40.6 Å². The van der Waals surface area contributed by atoms with Gasteiger partial charge in [-0.05, 0) is 82.3 Å². The lowest BCUT2D eigenvalue weighted by Gasteiger charge is -2.33. The summed E-state index contributed by atoms with van der Waals surface area (Å²) >= 11 is 6.59. The van der Waals surface area contributed by atoms with E-state index in [-0.39, 0.29) is 0 Å². The van der Waals surface area contributed by atoms with E-state index in [2.05, 4.69) is 71.6 Å². The molecular weight excluding hydrogens is 420 g/mol. The van der Waals surface area contributed by atoms with Crippen LogP contribution in [0.15, 0.2) is 36.5 Å². The quantitative estimate of drug-likeness (QED) is 0.591. The molecule has 174 valence electrons. The minimum Gasteiger partial charge on any atom is -0.381 e. The third-order valence-electron chi connectivity index (χ3n) is 7.11. The van der Waals surface area contributed by atoms with Crippen LogP contribution in [0.1, 0.15) is 38.5 Å². The van der Waals surface area contributed by atoms with Gasteiger partial charge in [-0.1, -0.05) is 23.7 Å². The van der Waals surface area contributed by atoms with Crippen molar-refractivity contribution < 1.29 is 4.74 Å².